The van der Waals surface area contributed by atoms with Crippen LogP contribution >= 0.6 is 0 Å². The van der Waals surface area contributed by atoms with E-state index in [1.54, 1.807) is 0 Å². The van der Waals surface area contributed by atoms with Crippen molar-refractivity contribution < 1.29 is 0 Å². The Bertz CT molecular complexity index is 478. The molecule has 1 aliphatic rings. The number of nitrogens with zero attached hydrogens (tertiary/aromatic N) is 3. The standard InChI is InChI=1S/C19H29N3/c1-3-5-6-8-16-9-11-19(15-20,12-10-16)17-13-21-18(7-4-2)22-14-17/h13-14,16H,3-12H2,1-2H3/t16-,19+. The van der Waals surface area contributed by atoms with Crippen molar-refractivity contribution in [3.05, 3.63) is 23.8 Å². The molecule has 0 spiro atoms. The number of rotatable bonds is 7. The van der Waals surface area contributed by atoms with E-state index >= 15 is 0 Å². The molecule has 0 N–H and O–H groups in total. The van der Waals surface area contributed by atoms with Gasteiger partial charge >= 0.3 is 0 Å². The molecule has 3 nitrogen and oxygen atoms in total. The minimum Gasteiger partial charge on any atom is -0.241 e. The Balaban J connectivity index is 1.98. The summed E-state index contributed by atoms with van der Waals surface area (Å²) >= 11 is 0. The van der Waals surface area contributed by atoms with Crippen LogP contribution in [0, 0.1) is 17.2 Å². The normalized spacial score (nSPS) is 24.9. The molecule has 120 valence electrons. The smallest absolute Gasteiger partial charge is 0.128 e. The fourth-order valence-corrected chi connectivity index (χ4v) is 3.56. The SMILES string of the molecule is CCCCC[C@H]1CC[C@@](C#N)(c2cnc(CCC)nc2)CC1. The Kier molecular flexibility index (Phi) is 6.36. The van der Waals surface area contributed by atoms with Crippen LogP contribution in [0.2, 0.25) is 0 Å². The number of hydrogen-bond donors (Lipinski definition) is 0. The second kappa shape index (κ2) is 8.27. The highest BCUT2D eigenvalue weighted by Crippen LogP contribution is 2.42. The second-order valence-corrected chi connectivity index (χ2v) is 6.77. The van der Waals surface area contributed by atoms with Crippen LogP contribution in [0.5, 0.6) is 0 Å². The van der Waals surface area contributed by atoms with E-state index in [1.165, 1.54) is 38.5 Å². The average molecular weight is 299 g/mol. The average Bonchev–Trinajstić information content (AvgIpc) is 2.57. The molecule has 0 aromatic carbocycles. The maximum Gasteiger partial charge on any atom is 0.128 e. The summed E-state index contributed by atoms with van der Waals surface area (Å²) in [6.45, 7) is 4.39. The highest BCUT2D eigenvalue weighted by molar-refractivity contribution is 5.29. The van der Waals surface area contributed by atoms with Gasteiger partial charge in [0.1, 0.15) is 5.82 Å². The third kappa shape index (κ3) is 4.06. The highest BCUT2D eigenvalue weighted by atomic mass is 14.9. The van der Waals surface area contributed by atoms with Gasteiger partial charge in [0.05, 0.1) is 11.5 Å². The number of aryl methyl sites for hydroxylation is 1. The third-order valence-corrected chi connectivity index (χ3v) is 5.12. The maximum absolute atomic E-state index is 9.76. The van der Waals surface area contributed by atoms with Crippen molar-refractivity contribution >= 4 is 0 Å². The van der Waals surface area contributed by atoms with Gasteiger partial charge in [0, 0.05) is 24.4 Å². The van der Waals surface area contributed by atoms with E-state index < -0.39 is 0 Å². The molecule has 1 aliphatic carbocycles. The van der Waals surface area contributed by atoms with Crippen molar-refractivity contribution in [3.8, 4) is 6.07 Å². The first-order valence-corrected chi connectivity index (χ1v) is 8.96. The summed E-state index contributed by atoms with van der Waals surface area (Å²) in [5.41, 5.74) is 0.688. The van der Waals surface area contributed by atoms with Crippen molar-refractivity contribution in [1.29, 1.82) is 5.26 Å². The predicted molar refractivity (Wildman–Crippen MR) is 89.4 cm³/mol. The lowest BCUT2D eigenvalue weighted by atomic mass is 9.67. The minimum absolute atomic E-state index is 0.341. The summed E-state index contributed by atoms with van der Waals surface area (Å²) in [5, 5.41) is 9.76. The molecule has 0 bridgehead atoms. The first-order chi connectivity index (χ1) is 10.7. The Morgan fingerprint density at radius 3 is 2.36 bits per heavy atom. The zero-order valence-electron chi connectivity index (χ0n) is 14.1. The van der Waals surface area contributed by atoms with Crippen molar-refractivity contribution in [1.82, 2.24) is 9.97 Å². The second-order valence-electron chi connectivity index (χ2n) is 6.77. The summed E-state index contributed by atoms with van der Waals surface area (Å²) in [4.78, 5) is 8.91. The maximum atomic E-state index is 9.76. The van der Waals surface area contributed by atoms with E-state index in [1.807, 2.05) is 12.4 Å². The quantitative estimate of drug-likeness (QED) is 0.668. The monoisotopic (exact) mass is 299 g/mol. The molecule has 1 aromatic heterocycles. The Morgan fingerprint density at radius 2 is 1.82 bits per heavy atom. The molecule has 1 aromatic rings. The fraction of sp³-hybridized carbons (Fsp3) is 0.737. The molecule has 0 amide bonds. The van der Waals surface area contributed by atoms with E-state index in [9.17, 15) is 5.26 Å². The molecule has 0 unspecified atom stereocenters. The van der Waals surface area contributed by atoms with Gasteiger partial charge in [-0.1, -0.05) is 39.5 Å². The zero-order valence-corrected chi connectivity index (χ0v) is 14.1. The van der Waals surface area contributed by atoms with Crippen molar-refractivity contribution in [2.24, 2.45) is 5.92 Å². The molecule has 0 aliphatic heterocycles. The van der Waals surface area contributed by atoms with Gasteiger partial charge in [-0.05, 0) is 38.0 Å². The van der Waals surface area contributed by atoms with Crippen LogP contribution in [0.4, 0.5) is 0 Å². The summed E-state index contributed by atoms with van der Waals surface area (Å²) in [6, 6.07) is 2.59. The molecule has 1 heterocycles. The minimum atomic E-state index is -0.341. The van der Waals surface area contributed by atoms with E-state index in [0.717, 1.165) is 43.0 Å². The molecular weight excluding hydrogens is 270 g/mol. The Hall–Kier alpha value is -1.43. The van der Waals surface area contributed by atoms with Crippen LogP contribution in [-0.4, -0.2) is 9.97 Å². The molecule has 0 saturated heterocycles. The number of nitriles is 1. The molecule has 0 atom stereocenters. The largest absolute Gasteiger partial charge is 0.241 e. The molecule has 22 heavy (non-hydrogen) atoms. The molecule has 3 heteroatoms. The Labute approximate surface area is 135 Å². The molecule has 1 fully saturated rings. The van der Waals surface area contributed by atoms with E-state index in [2.05, 4.69) is 29.9 Å². The van der Waals surface area contributed by atoms with Crippen LogP contribution in [0.25, 0.3) is 0 Å². The summed E-state index contributed by atoms with van der Waals surface area (Å²) in [6.07, 6.45) is 15.4. The van der Waals surface area contributed by atoms with Gasteiger partial charge in [-0.25, -0.2) is 9.97 Å². The lowest BCUT2D eigenvalue weighted by Gasteiger charge is -2.35. The Morgan fingerprint density at radius 1 is 1.14 bits per heavy atom. The third-order valence-electron chi connectivity index (χ3n) is 5.12. The summed E-state index contributed by atoms with van der Waals surface area (Å²) in [7, 11) is 0. The number of hydrogen-bond acceptors (Lipinski definition) is 3. The van der Waals surface area contributed by atoms with Gasteiger partial charge in [0.2, 0.25) is 0 Å². The molecular formula is C19H29N3. The van der Waals surface area contributed by atoms with E-state index in [0.29, 0.717) is 0 Å². The lowest BCUT2D eigenvalue weighted by Crippen LogP contribution is -2.30. The topological polar surface area (TPSA) is 49.6 Å². The van der Waals surface area contributed by atoms with Gasteiger partial charge < -0.3 is 0 Å². The first-order valence-electron chi connectivity index (χ1n) is 8.96. The predicted octanol–water partition coefficient (Wildman–Crippen LogP) is 4.96. The zero-order chi connectivity index (χ0) is 15.8. The van der Waals surface area contributed by atoms with E-state index in [-0.39, 0.29) is 5.41 Å². The number of aromatic nitrogens is 2. The van der Waals surface area contributed by atoms with Crippen LogP contribution < -0.4 is 0 Å². The van der Waals surface area contributed by atoms with Crippen molar-refractivity contribution in [3.63, 3.8) is 0 Å². The van der Waals surface area contributed by atoms with Crippen molar-refractivity contribution in [2.45, 2.75) is 83.5 Å². The fourth-order valence-electron chi connectivity index (χ4n) is 3.56. The number of unbranched alkanes of at least 4 members (excludes halogenated alkanes) is 2. The van der Waals surface area contributed by atoms with Gasteiger partial charge in [-0.2, -0.15) is 5.26 Å². The van der Waals surface area contributed by atoms with Gasteiger partial charge in [-0.3, -0.25) is 0 Å². The van der Waals surface area contributed by atoms with Crippen molar-refractivity contribution in [2.75, 3.05) is 0 Å². The molecule has 0 radical (unpaired) electrons. The summed E-state index contributed by atoms with van der Waals surface area (Å²) in [5.74, 6) is 1.71. The van der Waals surface area contributed by atoms with Gasteiger partial charge in [0.15, 0.2) is 0 Å². The first kappa shape index (κ1) is 16.9. The van der Waals surface area contributed by atoms with Crippen LogP contribution in [0.1, 0.15) is 83.0 Å². The van der Waals surface area contributed by atoms with Crippen LogP contribution in [-0.2, 0) is 11.8 Å². The van der Waals surface area contributed by atoms with Gasteiger partial charge in [0.25, 0.3) is 0 Å². The summed E-state index contributed by atoms with van der Waals surface area (Å²) < 4.78 is 0. The molecule has 1 saturated carbocycles. The van der Waals surface area contributed by atoms with Crippen LogP contribution in [0.15, 0.2) is 12.4 Å². The van der Waals surface area contributed by atoms with Gasteiger partial charge in [-0.15, -0.1) is 0 Å². The van der Waals surface area contributed by atoms with E-state index in [4.69, 9.17) is 0 Å². The van der Waals surface area contributed by atoms with Crippen LogP contribution in [0.3, 0.4) is 0 Å². The molecule has 2 rings (SSSR count). The highest BCUT2D eigenvalue weighted by Gasteiger charge is 2.37. The lowest BCUT2D eigenvalue weighted by molar-refractivity contribution is 0.261.